The topological polar surface area (TPSA) is 45.7 Å². The Morgan fingerprint density at radius 3 is 2.61 bits per heavy atom. The number of hydrogen-bond acceptors (Lipinski definition) is 2. The number of rotatable bonds is 8. The van der Waals surface area contributed by atoms with Gasteiger partial charge in [0, 0.05) is 26.7 Å². The van der Waals surface area contributed by atoms with E-state index in [1.54, 1.807) is 20.0 Å². The van der Waals surface area contributed by atoms with Crippen molar-refractivity contribution in [3.63, 3.8) is 0 Å². The standard InChI is InChI=1S/C17H28FN3O.HI/c1-13(2)7-9-22-10-8-20-17(19-4)21-12-15-5-6-16(18)14(3)11-15;/h5-6,11,13H,7-10,12H2,1-4H3,(H2,19,20,21);1H. The van der Waals surface area contributed by atoms with Crippen molar-refractivity contribution in [2.45, 2.75) is 33.7 Å². The van der Waals surface area contributed by atoms with Crippen LogP contribution >= 0.6 is 24.0 Å². The van der Waals surface area contributed by atoms with Crippen molar-refractivity contribution in [2.75, 3.05) is 26.8 Å². The molecule has 0 saturated carbocycles. The number of halogens is 2. The summed E-state index contributed by atoms with van der Waals surface area (Å²) in [5, 5.41) is 6.40. The van der Waals surface area contributed by atoms with E-state index in [0.717, 1.165) is 24.6 Å². The highest BCUT2D eigenvalue weighted by Gasteiger charge is 2.01. The van der Waals surface area contributed by atoms with Crippen molar-refractivity contribution in [1.29, 1.82) is 0 Å². The highest BCUT2D eigenvalue weighted by molar-refractivity contribution is 14.0. The molecule has 0 saturated heterocycles. The number of aliphatic imine (C=N–C) groups is 1. The fourth-order valence-electron chi connectivity index (χ4n) is 1.89. The Morgan fingerprint density at radius 1 is 1.26 bits per heavy atom. The Balaban J connectivity index is 0.00000484. The van der Waals surface area contributed by atoms with Gasteiger partial charge in [-0.05, 0) is 36.5 Å². The molecular weight excluding hydrogens is 408 g/mol. The van der Waals surface area contributed by atoms with E-state index in [4.69, 9.17) is 4.74 Å². The van der Waals surface area contributed by atoms with E-state index in [-0.39, 0.29) is 29.8 Å². The van der Waals surface area contributed by atoms with Gasteiger partial charge in [-0.2, -0.15) is 0 Å². The summed E-state index contributed by atoms with van der Waals surface area (Å²) in [6.07, 6.45) is 1.08. The quantitative estimate of drug-likeness (QED) is 0.283. The van der Waals surface area contributed by atoms with Crippen molar-refractivity contribution >= 4 is 29.9 Å². The molecule has 0 fully saturated rings. The maximum atomic E-state index is 13.2. The SMILES string of the molecule is CN=C(NCCOCCC(C)C)NCc1ccc(F)c(C)c1.I. The molecule has 0 spiro atoms. The van der Waals surface area contributed by atoms with E-state index in [9.17, 15) is 4.39 Å². The van der Waals surface area contributed by atoms with Crippen LogP contribution in [0.1, 0.15) is 31.4 Å². The van der Waals surface area contributed by atoms with Crippen LogP contribution in [0.25, 0.3) is 0 Å². The van der Waals surface area contributed by atoms with E-state index in [1.807, 2.05) is 6.07 Å². The summed E-state index contributed by atoms with van der Waals surface area (Å²) in [5.74, 6) is 1.21. The zero-order chi connectivity index (χ0) is 16.4. The van der Waals surface area contributed by atoms with Gasteiger partial charge in [0.15, 0.2) is 5.96 Å². The number of benzene rings is 1. The Hall–Kier alpha value is -0.890. The first-order chi connectivity index (χ1) is 10.5. The van der Waals surface area contributed by atoms with Crippen LogP contribution in [0.15, 0.2) is 23.2 Å². The summed E-state index contributed by atoms with van der Waals surface area (Å²) in [5.41, 5.74) is 1.68. The third kappa shape index (κ3) is 9.76. The lowest BCUT2D eigenvalue weighted by atomic mass is 10.1. The monoisotopic (exact) mass is 437 g/mol. The number of nitrogens with one attached hydrogen (secondary N) is 2. The Labute approximate surface area is 156 Å². The second-order valence-electron chi connectivity index (χ2n) is 5.73. The summed E-state index contributed by atoms with van der Waals surface area (Å²) in [6, 6.07) is 5.10. The minimum Gasteiger partial charge on any atom is -0.380 e. The van der Waals surface area contributed by atoms with Gasteiger partial charge in [0.1, 0.15) is 5.82 Å². The molecule has 1 rings (SSSR count). The van der Waals surface area contributed by atoms with Crippen LogP contribution in [0.2, 0.25) is 0 Å². The number of ether oxygens (including phenoxy) is 1. The average molecular weight is 437 g/mol. The van der Waals surface area contributed by atoms with E-state index in [1.165, 1.54) is 6.07 Å². The lowest BCUT2D eigenvalue weighted by Crippen LogP contribution is -2.38. The molecule has 2 N–H and O–H groups in total. The second-order valence-corrected chi connectivity index (χ2v) is 5.73. The van der Waals surface area contributed by atoms with E-state index >= 15 is 0 Å². The molecular formula is C17H29FIN3O. The third-order valence-corrected chi connectivity index (χ3v) is 3.28. The van der Waals surface area contributed by atoms with Gasteiger partial charge in [0.05, 0.1) is 6.61 Å². The number of nitrogens with zero attached hydrogens (tertiary/aromatic N) is 1. The van der Waals surface area contributed by atoms with Crippen LogP contribution < -0.4 is 10.6 Å². The second kappa shape index (κ2) is 12.5. The Kier molecular flexibility index (Phi) is 12.0. The van der Waals surface area contributed by atoms with Crippen molar-refractivity contribution in [2.24, 2.45) is 10.9 Å². The molecule has 0 bridgehead atoms. The predicted octanol–water partition coefficient (Wildman–Crippen LogP) is 3.48. The number of guanidine groups is 1. The van der Waals surface area contributed by atoms with Crippen LogP contribution in [0, 0.1) is 18.7 Å². The van der Waals surface area contributed by atoms with Crippen molar-refractivity contribution in [3.8, 4) is 0 Å². The molecule has 0 aliphatic rings. The summed E-state index contributed by atoms with van der Waals surface area (Å²) in [4.78, 5) is 4.15. The van der Waals surface area contributed by atoms with Crippen molar-refractivity contribution in [3.05, 3.63) is 35.1 Å². The maximum absolute atomic E-state index is 13.2. The van der Waals surface area contributed by atoms with Crippen LogP contribution in [0.5, 0.6) is 0 Å². The molecule has 132 valence electrons. The first-order valence-corrected chi connectivity index (χ1v) is 7.80. The van der Waals surface area contributed by atoms with Gasteiger partial charge < -0.3 is 15.4 Å². The minimum atomic E-state index is -0.176. The summed E-state index contributed by atoms with van der Waals surface area (Å²) >= 11 is 0. The molecule has 0 unspecified atom stereocenters. The Morgan fingerprint density at radius 2 is 2.00 bits per heavy atom. The predicted molar refractivity (Wildman–Crippen MR) is 105 cm³/mol. The molecule has 4 nitrogen and oxygen atoms in total. The number of hydrogen-bond donors (Lipinski definition) is 2. The molecule has 1 aromatic carbocycles. The van der Waals surface area contributed by atoms with E-state index < -0.39 is 0 Å². The molecule has 23 heavy (non-hydrogen) atoms. The zero-order valence-electron chi connectivity index (χ0n) is 14.5. The van der Waals surface area contributed by atoms with Crippen LogP contribution in [0.4, 0.5) is 4.39 Å². The molecule has 0 aliphatic carbocycles. The normalized spacial score (nSPS) is 11.3. The molecule has 0 aliphatic heterocycles. The zero-order valence-corrected chi connectivity index (χ0v) is 16.8. The molecule has 0 atom stereocenters. The lowest BCUT2D eigenvalue weighted by molar-refractivity contribution is 0.128. The lowest BCUT2D eigenvalue weighted by Gasteiger charge is -2.13. The average Bonchev–Trinajstić information content (AvgIpc) is 2.49. The van der Waals surface area contributed by atoms with Crippen LogP contribution in [-0.4, -0.2) is 32.8 Å². The fraction of sp³-hybridized carbons (Fsp3) is 0.588. The van der Waals surface area contributed by atoms with E-state index in [2.05, 4.69) is 29.5 Å². The third-order valence-electron chi connectivity index (χ3n) is 3.28. The minimum absolute atomic E-state index is 0. The summed E-state index contributed by atoms with van der Waals surface area (Å²) in [6.45, 7) is 8.90. The van der Waals surface area contributed by atoms with Gasteiger partial charge in [0.2, 0.25) is 0 Å². The Bertz CT molecular complexity index is 481. The van der Waals surface area contributed by atoms with Gasteiger partial charge in [-0.1, -0.05) is 26.0 Å². The van der Waals surface area contributed by atoms with Gasteiger partial charge in [-0.15, -0.1) is 24.0 Å². The molecule has 1 aromatic rings. The highest BCUT2D eigenvalue weighted by Crippen LogP contribution is 2.08. The number of aryl methyl sites for hydroxylation is 1. The van der Waals surface area contributed by atoms with Crippen molar-refractivity contribution in [1.82, 2.24) is 10.6 Å². The summed E-state index contributed by atoms with van der Waals surface area (Å²) < 4.78 is 18.8. The molecule has 0 radical (unpaired) electrons. The smallest absolute Gasteiger partial charge is 0.191 e. The van der Waals surface area contributed by atoms with E-state index in [0.29, 0.717) is 31.2 Å². The largest absolute Gasteiger partial charge is 0.380 e. The molecule has 0 aromatic heterocycles. The summed E-state index contributed by atoms with van der Waals surface area (Å²) in [7, 11) is 1.73. The van der Waals surface area contributed by atoms with Crippen molar-refractivity contribution < 1.29 is 9.13 Å². The molecule has 6 heteroatoms. The fourth-order valence-corrected chi connectivity index (χ4v) is 1.89. The first-order valence-electron chi connectivity index (χ1n) is 7.80. The van der Waals surface area contributed by atoms with Crippen LogP contribution in [0.3, 0.4) is 0 Å². The molecule has 0 heterocycles. The highest BCUT2D eigenvalue weighted by atomic mass is 127. The van der Waals surface area contributed by atoms with Gasteiger partial charge in [-0.25, -0.2) is 4.39 Å². The first kappa shape index (κ1) is 22.1. The maximum Gasteiger partial charge on any atom is 0.191 e. The molecule has 0 amide bonds. The van der Waals surface area contributed by atoms with Gasteiger partial charge in [-0.3, -0.25) is 4.99 Å². The van der Waals surface area contributed by atoms with Gasteiger partial charge >= 0.3 is 0 Å². The van der Waals surface area contributed by atoms with Gasteiger partial charge in [0.25, 0.3) is 0 Å². The van der Waals surface area contributed by atoms with Crippen LogP contribution in [-0.2, 0) is 11.3 Å².